The average Bonchev–Trinajstić information content (AvgIpc) is 2.73. The number of ether oxygens (including phenoxy) is 1. The van der Waals surface area contributed by atoms with E-state index in [4.69, 9.17) is 4.74 Å². The highest BCUT2D eigenvalue weighted by Gasteiger charge is 2.24. The van der Waals surface area contributed by atoms with Crippen molar-refractivity contribution in [1.82, 2.24) is 0 Å². The predicted molar refractivity (Wildman–Crippen MR) is 64.0 cm³/mol. The summed E-state index contributed by atoms with van der Waals surface area (Å²) < 4.78 is 5.21. The topological polar surface area (TPSA) is 43.4 Å². The third-order valence-corrected chi connectivity index (χ3v) is 2.72. The van der Waals surface area contributed by atoms with Crippen LogP contribution in [0.5, 0.6) is 0 Å². The summed E-state index contributed by atoms with van der Waals surface area (Å²) >= 11 is 0. The first-order valence-electron chi connectivity index (χ1n) is 5.68. The second-order valence-electron chi connectivity index (χ2n) is 4.04. The molecule has 1 fully saturated rings. The van der Waals surface area contributed by atoms with Gasteiger partial charge in [0.05, 0.1) is 0 Å². The normalized spacial score (nSPS) is 18.1. The number of carbonyl (C=O) groups is 2. The molecule has 0 saturated heterocycles. The van der Waals surface area contributed by atoms with Crippen LogP contribution >= 0.6 is 0 Å². The van der Waals surface area contributed by atoms with Crippen LogP contribution in [0.15, 0.2) is 35.9 Å². The fourth-order valence-electron chi connectivity index (χ4n) is 1.98. The van der Waals surface area contributed by atoms with Crippen LogP contribution in [0.4, 0.5) is 0 Å². The predicted octanol–water partition coefficient (Wildman–Crippen LogP) is 2.71. The zero-order valence-electron chi connectivity index (χ0n) is 9.73. The molecular weight excluding hydrogens is 216 g/mol. The van der Waals surface area contributed by atoms with Gasteiger partial charge in [-0.1, -0.05) is 30.3 Å². The lowest BCUT2D eigenvalue weighted by Gasteiger charge is -2.10. The van der Waals surface area contributed by atoms with E-state index in [1.807, 2.05) is 30.3 Å². The first-order valence-corrected chi connectivity index (χ1v) is 5.68. The molecule has 1 saturated carbocycles. The number of allylic oxidation sites excluding steroid dienone is 1. The quantitative estimate of drug-likeness (QED) is 0.445. The molecule has 0 atom stereocenters. The summed E-state index contributed by atoms with van der Waals surface area (Å²) in [6.07, 6.45) is 2.08. The molecule has 0 amide bonds. The van der Waals surface area contributed by atoms with Gasteiger partial charge in [0.15, 0.2) is 5.78 Å². The molecule has 0 aromatic heterocycles. The molecule has 1 aromatic rings. The number of carbonyl (C=O) groups excluding carboxylic acids is 2. The van der Waals surface area contributed by atoms with Crippen molar-refractivity contribution in [3.8, 4) is 0 Å². The maximum atomic E-state index is 11.7. The lowest BCUT2D eigenvalue weighted by molar-refractivity contribution is -0.134. The van der Waals surface area contributed by atoms with Crippen molar-refractivity contribution < 1.29 is 14.3 Å². The van der Waals surface area contributed by atoms with Crippen LogP contribution in [0, 0.1) is 0 Å². The first kappa shape index (κ1) is 11.6. The fraction of sp³-hybridized carbons (Fsp3) is 0.286. The zero-order valence-corrected chi connectivity index (χ0v) is 9.73. The third kappa shape index (κ3) is 2.61. The van der Waals surface area contributed by atoms with E-state index < -0.39 is 5.97 Å². The van der Waals surface area contributed by atoms with Gasteiger partial charge in [0, 0.05) is 24.5 Å². The van der Waals surface area contributed by atoms with Crippen LogP contribution in [0.25, 0.3) is 5.76 Å². The van der Waals surface area contributed by atoms with Crippen molar-refractivity contribution in [1.29, 1.82) is 0 Å². The molecule has 1 aromatic carbocycles. The SMILES string of the molecule is CC(=O)O/C(=C1\CCCC1=O)c1ccccc1. The molecule has 0 aliphatic heterocycles. The molecule has 88 valence electrons. The lowest BCUT2D eigenvalue weighted by atomic mass is 10.1. The van der Waals surface area contributed by atoms with Crippen molar-refractivity contribution in [3.05, 3.63) is 41.5 Å². The molecule has 0 unspecified atom stereocenters. The summed E-state index contributed by atoms with van der Waals surface area (Å²) in [5.74, 6) is 0.127. The van der Waals surface area contributed by atoms with Crippen molar-refractivity contribution >= 4 is 17.5 Å². The summed E-state index contributed by atoms with van der Waals surface area (Å²) in [5.41, 5.74) is 1.43. The van der Waals surface area contributed by atoms with Gasteiger partial charge in [0.25, 0.3) is 0 Å². The van der Waals surface area contributed by atoms with E-state index >= 15 is 0 Å². The molecule has 3 nitrogen and oxygen atoms in total. The molecule has 1 aliphatic rings. The minimum atomic E-state index is -0.393. The molecule has 2 rings (SSSR count). The molecule has 0 heterocycles. The number of benzene rings is 1. The Kier molecular flexibility index (Phi) is 3.38. The van der Waals surface area contributed by atoms with E-state index in [1.54, 1.807) is 0 Å². The highest BCUT2D eigenvalue weighted by atomic mass is 16.5. The van der Waals surface area contributed by atoms with Crippen LogP contribution < -0.4 is 0 Å². The second-order valence-corrected chi connectivity index (χ2v) is 4.04. The summed E-state index contributed by atoms with van der Waals surface area (Å²) in [7, 11) is 0. The number of hydrogen-bond donors (Lipinski definition) is 0. The highest BCUT2D eigenvalue weighted by Crippen LogP contribution is 2.30. The summed E-state index contributed by atoms with van der Waals surface area (Å²) in [5, 5.41) is 0. The Morgan fingerprint density at radius 1 is 1.18 bits per heavy atom. The van der Waals surface area contributed by atoms with Gasteiger partial charge >= 0.3 is 5.97 Å². The van der Waals surface area contributed by atoms with E-state index in [9.17, 15) is 9.59 Å². The molecule has 0 spiro atoms. The van der Waals surface area contributed by atoms with Crippen LogP contribution in [0.2, 0.25) is 0 Å². The van der Waals surface area contributed by atoms with Gasteiger partial charge in [-0.05, 0) is 12.8 Å². The van der Waals surface area contributed by atoms with Gasteiger partial charge in [-0.15, -0.1) is 0 Å². The number of ketones is 1. The molecule has 0 N–H and O–H groups in total. The Labute approximate surface area is 100 Å². The number of rotatable bonds is 2. The van der Waals surface area contributed by atoms with Gasteiger partial charge < -0.3 is 4.74 Å². The van der Waals surface area contributed by atoms with Crippen LogP contribution in [-0.4, -0.2) is 11.8 Å². The lowest BCUT2D eigenvalue weighted by Crippen LogP contribution is -2.04. The van der Waals surface area contributed by atoms with Crippen LogP contribution in [0.1, 0.15) is 31.7 Å². The Balaban J connectivity index is 2.45. The van der Waals surface area contributed by atoms with E-state index in [-0.39, 0.29) is 5.78 Å². The Bertz CT molecular complexity index is 472. The maximum absolute atomic E-state index is 11.7. The molecule has 0 radical (unpaired) electrons. The molecule has 1 aliphatic carbocycles. The number of Topliss-reactive ketones (excluding diaryl/α,β-unsaturated/α-hetero) is 1. The van der Waals surface area contributed by atoms with E-state index in [0.717, 1.165) is 12.0 Å². The molecule has 17 heavy (non-hydrogen) atoms. The van der Waals surface area contributed by atoms with Crippen LogP contribution in [0.3, 0.4) is 0 Å². The third-order valence-electron chi connectivity index (χ3n) is 2.72. The van der Waals surface area contributed by atoms with Crippen molar-refractivity contribution in [2.24, 2.45) is 0 Å². The zero-order chi connectivity index (χ0) is 12.3. The Morgan fingerprint density at radius 3 is 2.41 bits per heavy atom. The first-order chi connectivity index (χ1) is 8.18. The summed E-state index contributed by atoms with van der Waals surface area (Å²) in [6, 6.07) is 9.29. The fourth-order valence-corrected chi connectivity index (χ4v) is 1.98. The molecular formula is C14H14O3. The number of hydrogen-bond acceptors (Lipinski definition) is 3. The van der Waals surface area contributed by atoms with Gasteiger partial charge in [0.1, 0.15) is 5.76 Å². The van der Waals surface area contributed by atoms with E-state index in [2.05, 4.69) is 0 Å². The van der Waals surface area contributed by atoms with Crippen LogP contribution in [-0.2, 0) is 14.3 Å². The standard InChI is InChI=1S/C14H14O3/c1-10(15)17-14(11-6-3-2-4-7-11)12-8-5-9-13(12)16/h2-4,6-7H,5,8-9H2,1H3/b14-12+. The number of esters is 1. The van der Waals surface area contributed by atoms with Gasteiger partial charge in [-0.3, -0.25) is 9.59 Å². The molecule has 0 bridgehead atoms. The minimum absolute atomic E-state index is 0.0881. The minimum Gasteiger partial charge on any atom is -0.426 e. The second kappa shape index (κ2) is 4.95. The monoisotopic (exact) mass is 230 g/mol. The largest absolute Gasteiger partial charge is 0.426 e. The van der Waals surface area contributed by atoms with Crippen molar-refractivity contribution in [2.75, 3.05) is 0 Å². The smallest absolute Gasteiger partial charge is 0.308 e. The Hall–Kier alpha value is -1.90. The average molecular weight is 230 g/mol. The van der Waals surface area contributed by atoms with Gasteiger partial charge in [0.2, 0.25) is 0 Å². The van der Waals surface area contributed by atoms with Gasteiger partial charge in [-0.2, -0.15) is 0 Å². The van der Waals surface area contributed by atoms with E-state index in [0.29, 0.717) is 24.2 Å². The van der Waals surface area contributed by atoms with Crippen molar-refractivity contribution in [2.45, 2.75) is 26.2 Å². The van der Waals surface area contributed by atoms with Crippen molar-refractivity contribution in [3.63, 3.8) is 0 Å². The highest BCUT2D eigenvalue weighted by molar-refractivity contribution is 6.04. The summed E-state index contributed by atoms with van der Waals surface area (Å²) in [6.45, 7) is 1.35. The maximum Gasteiger partial charge on any atom is 0.308 e. The molecule has 3 heteroatoms. The van der Waals surface area contributed by atoms with E-state index in [1.165, 1.54) is 6.92 Å². The van der Waals surface area contributed by atoms with Gasteiger partial charge in [-0.25, -0.2) is 0 Å². The summed E-state index contributed by atoms with van der Waals surface area (Å²) in [4.78, 5) is 22.8. The Morgan fingerprint density at radius 2 is 1.88 bits per heavy atom.